The third-order valence-electron chi connectivity index (χ3n) is 2.86. The fraction of sp³-hybridized carbons (Fsp3) is 0.455. The maximum absolute atomic E-state index is 11.7. The number of aliphatic hydroxyl groups is 2. The molecule has 16 heavy (non-hydrogen) atoms. The first kappa shape index (κ1) is 11.0. The molecule has 1 unspecified atom stereocenters. The summed E-state index contributed by atoms with van der Waals surface area (Å²) in [6.45, 7) is 2.74. The van der Waals surface area contributed by atoms with Crippen molar-refractivity contribution in [3.8, 4) is 0 Å². The lowest BCUT2D eigenvalue weighted by Crippen LogP contribution is -2.39. The van der Waals surface area contributed by atoms with E-state index in [1.807, 2.05) is 0 Å². The molecule has 1 aliphatic heterocycles. The normalized spacial score (nSPS) is 30.9. The lowest BCUT2D eigenvalue weighted by atomic mass is 9.84. The molecule has 1 atom stereocenters. The Balaban J connectivity index is 2.53. The van der Waals surface area contributed by atoms with E-state index in [0.29, 0.717) is 5.57 Å². The number of ketones is 2. The lowest BCUT2D eigenvalue weighted by Gasteiger charge is -2.33. The summed E-state index contributed by atoms with van der Waals surface area (Å²) in [5, 5.41) is 19.4. The first-order valence-corrected chi connectivity index (χ1v) is 4.91. The Hall–Kier alpha value is -1.46. The molecular weight excluding hydrogens is 212 g/mol. The number of Topliss-reactive ketones (excluding diaryl/α,β-unsaturated/α-hetero) is 2. The number of hydrogen-bond acceptors (Lipinski definition) is 5. The summed E-state index contributed by atoms with van der Waals surface area (Å²) < 4.78 is 5.08. The third-order valence-corrected chi connectivity index (χ3v) is 2.86. The predicted octanol–water partition coefficient (Wildman–Crippen LogP) is 0.396. The standard InChI is InChI=1S/C11H12O5/c1-5-8(12)7-4-16-11(2,15)3-6(7)10(14)9(5)13/h12,15H,3-4H2,1-2H3. The fourth-order valence-electron chi connectivity index (χ4n) is 1.87. The maximum atomic E-state index is 11.7. The monoisotopic (exact) mass is 224 g/mol. The molecule has 86 valence electrons. The van der Waals surface area contributed by atoms with Crippen molar-refractivity contribution in [2.24, 2.45) is 0 Å². The zero-order chi connectivity index (χ0) is 12.1. The smallest absolute Gasteiger partial charge is 0.232 e. The van der Waals surface area contributed by atoms with Gasteiger partial charge in [0.1, 0.15) is 5.76 Å². The first-order chi connectivity index (χ1) is 7.33. The highest BCUT2D eigenvalue weighted by molar-refractivity contribution is 6.50. The van der Waals surface area contributed by atoms with Gasteiger partial charge in [-0.3, -0.25) is 9.59 Å². The topological polar surface area (TPSA) is 83.8 Å². The minimum atomic E-state index is -1.46. The van der Waals surface area contributed by atoms with Crippen LogP contribution in [0.5, 0.6) is 0 Å². The van der Waals surface area contributed by atoms with Gasteiger partial charge in [-0.05, 0) is 13.8 Å². The molecule has 0 aromatic rings. The summed E-state index contributed by atoms with van der Waals surface area (Å²) in [6, 6.07) is 0. The molecule has 0 saturated heterocycles. The molecule has 1 heterocycles. The quantitative estimate of drug-likeness (QED) is 0.459. The molecule has 0 amide bonds. The largest absolute Gasteiger partial charge is 0.507 e. The van der Waals surface area contributed by atoms with Gasteiger partial charge in [0.25, 0.3) is 0 Å². The van der Waals surface area contributed by atoms with E-state index in [-0.39, 0.29) is 29.9 Å². The van der Waals surface area contributed by atoms with Gasteiger partial charge in [0.2, 0.25) is 11.6 Å². The molecule has 0 aromatic heterocycles. The van der Waals surface area contributed by atoms with E-state index in [0.717, 1.165) is 0 Å². The third kappa shape index (κ3) is 1.48. The molecule has 0 bridgehead atoms. The van der Waals surface area contributed by atoms with Gasteiger partial charge in [0.05, 0.1) is 6.61 Å². The van der Waals surface area contributed by atoms with Crippen LogP contribution in [0.15, 0.2) is 22.5 Å². The van der Waals surface area contributed by atoms with E-state index in [1.54, 1.807) is 0 Å². The number of rotatable bonds is 0. The van der Waals surface area contributed by atoms with Gasteiger partial charge in [0.15, 0.2) is 5.79 Å². The molecule has 2 rings (SSSR count). The van der Waals surface area contributed by atoms with Crippen LogP contribution in [0.2, 0.25) is 0 Å². The maximum Gasteiger partial charge on any atom is 0.232 e. The molecule has 5 heteroatoms. The van der Waals surface area contributed by atoms with Crippen LogP contribution >= 0.6 is 0 Å². The van der Waals surface area contributed by atoms with Crippen molar-refractivity contribution < 1.29 is 24.5 Å². The van der Waals surface area contributed by atoms with Gasteiger partial charge in [-0.25, -0.2) is 0 Å². The van der Waals surface area contributed by atoms with E-state index in [9.17, 15) is 19.8 Å². The summed E-state index contributed by atoms with van der Waals surface area (Å²) in [6.07, 6.45) is -0.0791. The van der Waals surface area contributed by atoms with Gasteiger partial charge < -0.3 is 14.9 Å². The lowest BCUT2D eigenvalue weighted by molar-refractivity contribution is -0.190. The van der Waals surface area contributed by atoms with Gasteiger partial charge >= 0.3 is 0 Å². The number of aliphatic hydroxyl groups excluding tert-OH is 1. The average Bonchev–Trinajstić information content (AvgIpc) is 2.22. The van der Waals surface area contributed by atoms with Crippen LogP contribution in [0.25, 0.3) is 0 Å². The molecule has 0 saturated carbocycles. The van der Waals surface area contributed by atoms with E-state index < -0.39 is 17.4 Å². The summed E-state index contributed by atoms with van der Waals surface area (Å²) >= 11 is 0. The SMILES string of the molecule is CC1=C(O)C2=C(CC(C)(O)OC2)C(=O)C1=O. The molecular formula is C11H12O5. The Bertz CT molecular complexity index is 453. The van der Waals surface area contributed by atoms with Crippen LogP contribution < -0.4 is 0 Å². The number of carbonyl (C=O) groups excluding carboxylic acids is 2. The zero-order valence-corrected chi connectivity index (χ0v) is 9.03. The summed E-state index contributed by atoms with van der Waals surface area (Å²) in [5.74, 6) is -3.03. The van der Waals surface area contributed by atoms with Crippen molar-refractivity contribution in [3.63, 3.8) is 0 Å². The van der Waals surface area contributed by atoms with Gasteiger partial charge in [0, 0.05) is 23.1 Å². The van der Waals surface area contributed by atoms with Crippen LogP contribution in [0.1, 0.15) is 20.3 Å². The second kappa shape index (κ2) is 3.26. The molecule has 2 N–H and O–H groups in total. The van der Waals surface area contributed by atoms with Crippen LogP contribution in [0.3, 0.4) is 0 Å². The van der Waals surface area contributed by atoms with E-state index in [1.165, 1.54) is 13.8 Å². The van der Waals surface area contributed by atoms with Crippen molar-refractivity contribution in [1.29, 1.82) is 0 Å². The molecule has 0 aromatic carbocycles. The van der Waals surface area contributed by atoms with Gasteiger partial charge in [-0.1, -0.05) is 0 Å². The van der Waals surface area contributed by atoms with Crippen molar-refractivity contribution in [2.75, 3.05) is 6.61 Å². The molecule has 1 aliphatic carbocycles. The second-order valence-corrected chi connectivity index (χ2v) is 4.23. The highest BCUT2D eigenvalue weighted by Gasteiger charge is 2.40. The van der Waals surface area contributed by atoms with Crippen molar-refractivity contribution in [3.05, 3.63) is 22.5 Å². The molecule has 2 aliphatic rings. The van der Waals surface area contributed by atoms with Crippen LogP contribution in [-0.4, -0.2) is 34.2 Å². The van der Waals surface area contributed by atoms with Crippen LogP contribution in [0.4, 0.5) is 0 Å². The van der Waals surface area contributed by atoms with E-state index in [2.05, 4.69) is 0 Å². The number of carbonyl (C=O) groups is 2. The summed E-state index contributed by atoms with van der Waals surface area (Å²) in [4.78, 5) is 23.2. The Morgan fingerprint density at radius 3 is 2.50 bits per heavy atom. The minimum Gasteiger partial charge on any atom is -0.507 e. The second-order valence-electron chi connectivity index (χ2n) is 4.23. The molecule has 0 radical (unpaired) electrons. The number of hydrogen-bond donors (Lipinski definition) is 2. The summed E-state index contributed by atoms with van der Waals surface area (Å²) in [5.41, 5.74) is 0.506. The van der Waals surface area contributed by atoms with E-state index in [4.69, 9.17) is 4.74 Å². The average molecular weight is 224 g/mol. The van der Waals surface area contributed by atoms with Crippen LogP contribution in [0, 0.1) is 0 Å². The van der Waals surface area contributed by atoms with Gasteiger partial charge in [-0.2, -0.15) is 0 Å². The fourth-order valence-corrected chi connectivity index (χ4v) is 1.87. The highest BCUT2D eigenvalue weighted by Crippen LogP contribution is 2.34. The van der Waals surface area contributed by atoms with Crippen molar-refractivity contribution in [2.45, 2.75) is 26.1 Å². The minimum absolute atomic E-state index is 0.0360. The zero-order valence-electron chi connectivity index (χ0n) is 9.03. The number of allylic oxidation sites excluding steroid dienone is 1. The Morgan fingerprint density at radius 1 is 1.25 bits per heavy atom. The Morgan fingerprint density at radius 2 is 1.88 bits per heavy atom. The van der Waals surface area contributed by atoms with Crippen molar-refractivity contribution in [1.82, 2.24) is 0 Å². The van der Waals surface area contributed by atoms with Crippen LogP contribution in [-0.2, 0) is 14.3 Å². The first-order valence-electron chi connectivity index (χ1n) is 4.91. The Labute approximate surface area is 92.0 Å². The highest BCUT2D eigenvalue weighted by atomic mass is 16.6. The van der Waals surface area contributed by atoms with Gasteiger partial charge in [-0.15, -0.1) is 0 Å². The molecule has 0 spiro atoms. The van der Waals surface area contributed by atoms with Crippen molar-refractivity contribution >= 4 is 11.6 Å². The Kier molecular flexibility index (Phi) is 2.25. The molecule has 5 nitrogen and oxygen atoms in total. The number of ether oxygens (including phenoxy) is 1. The van der Waals surface area contributed by atoms with E-state index >= 15 is 0 Å². The summed E-state index contributed by atoms with van der Waals surface area (Å²) in [7, 11) is 0. The predicted molar refractivity (Wildman–Crippen MR) is 53.6 cm³/mol. The molecule has 0 fully saturated rings.